The Hall–Kier alpha value is -2.74. The summed E-state index contributed by atoms with van der Waals surface area (Å²) in [6.07, 6.45) is 0. The molecule has 0 radical (unpaired) electrons. The molecule has 108 valence electrons. The van der Waals surface area contributed by atoms with Gasteiger partial charge in [0.25, 0.3) is 0 Å². The Bertz CT molecular complexity index is 719. The Balaban J connectivity index is 3.45. The van der Waals surface area contributed by atoms with Gasteiger partial charge >= 0.3 is 0 Å². The number of rotatable bonds is 5. The molecule has 0 bridgehead atoms. The summed E-state index contributed by atoms with van der Waals surface area (Å²) in [6.45, 7) is 8.08. The molecule has 0 unspecified atom stereocenters. The topological polar surface area (TPSA) is 71.4 Å². The average molecular weight is 305 g/mol. The van der Waals surface area contributed by atoms with Gasteiger partial charge in [-0.2, -0.15) is 15.8 Å². The van der Waals surface area contributed by atoms with Gasteiger partial charge in [-0.1, -0.05) is 50.8 Å². The van der Waals surface area contributed by atoms with E-state index in [0.29, 0.717) is 16.4 Å². The molecule has 4 heteroatoms. The van der Waals surface area contributed by atoms with Crippen molar-refractivity contribution in [2.24, 2.45) is 0 Å². The van der Waals surface area contributed by atoms with Gasteiger partial charge in [0, 0.05) is 10.8 Å². The lowest BCUT2D eigenvalue weighted by molar-refractivity contribution is 1.12. The maximum atomic E-state index is 9.39. The third kappa shape index (κ3) is 4.38. The zero-order valence-corrected chi connectivity index (χ0v) is 13.3. The first-order chi connectivity index (χ1) is 10.5. The molecule has 0 amide bonds. The minimum absolute atomic E-state index is 0.0620. The fourth-order valence-corrected chi connectivity index (χ4v) is 2.34. The summed E-state index contributed by atoms with van der Waals surface area (Å²) in [5.74, 6) is 0. The Morgan fingerprint density at radius 1 is 1.09 bits per heavy atom. The van der Waals surface area contributed by atoms with Crippen molar-refractivity contribution in [1.82, 2.24) is 0 Å². The molecule has 0 atom stereocenters. The van der Waals surface area contributed by atoms with Crippen LogP contribution in [-0.2, 0) is 0 Å². The second-order valence-corrected chi connectivity index (χ2v) is 6.10. The van der Waals surface area contributed by atoms with Gasteiger partial charge in [0.15, 0.2) is 0 Å². The molecule has 1 aromatic carbocycles. The number of benzene rings is 1. The Labute approximate surface area is 135 Å². The smallest absolute Gasteiger partial charge is 0.148 e. The lowest BCUT2D eigenvalue weighted by Gasteiger charge is -2.11. The van der Waals surface area contributed by atoms with E-state index in [1.54, 1.807) is 17.5 Å². The Kier molecular flexibility index (Phi) is 6.71. The lowest BCUT2D eigenvalue weighted by Crippen LogP contribution is -1.96. The van der Waals surface area contributed by atoms with Gasteiger partial charge in [0.2, 0.25) is 0 Å². The van der Waals surface area contributed by atoms with E-state index >= 15 is 0 Å². The quantitative estimate of drug-likeness (QED) is 0.589. The highest BCUT2D eigenvalue weighted by Crippen LogP contribution is 2.31. The van der Waals surface area contributed by atoms with Gasteiger partial charge in [-0.3, -0.25) is 0 Å². The lowest BCUT2D eigenvalue weighted by atomic mass is 9.93. The van der Waals surface area contributed by atoms with Gasteiger partial charge in [0.1, 0.15) is 23.8 Å². The van der Waals surface area contributed by atoms with E-state index in [9.17, 15) is 5.26 Å². The summed E-state index contributed by atoms with van der Waals surface area (Å²) in [5, 5.41) is 29.6. The van der Waals surface area contributed by atoms with Crippen molar-refractivity contribution in [2.75, 3.05) is 0 Å². The zero-order valence-electron chi connectivity index (χ0n) is 12.5. The molecular weight excluding hydrogens is 290 g/mol. The Morgan fingerprint density at radius 3 is 2.14 bits per heavy atom. The van der Waals surface area contributed by atoms with E-state index in [0.717, 1.165) is 5.56 Å². The molecule has 0 heterocycles. The van der Waals surface area contributed by atoms with Gasteiger partial charge in [-0.05, 0) is 16.5 Å². The van der Waals surface area contributed by atoms with E-state index in [1.165, 1.54) is 11.8 Å². The predicted octanol–water partition coefficient (Wildman–Crippen LogP) is 4.59. The fourth-order valence-electron chi connectivity index (χ4n) is 1.67. The average Bonchev–Trinajstić information content (AvgIpc) is 2.54. The van der Waals surface area contributed by atoms with Crippen LogP contribution in [0.5, 0.6) is 0 Å². The van der Waals surface area contributed by atoms with Crippen LogP contribution < -0.4 is 0 Å². The number of hydrogen-bond donors (Lipinski definition) is 0. The molecule has 3 nitrogen and oxygen atoms in total. The number of allylic oxidation sites excluding steroid dienone is 4. The molecule has 0 saturated carbocycles. The zero-order chi connectivity index (χ0) is 16.5. The summed E-state index contributed by atoms with van der Waals surface area (Å²) in [6, 6.07) is 14.9. The van der Waals surface area contributed by atoms with Crippen molar-refractivity contribution in [3.8, 4) is 18.2 Å². The SMILES string of the molecule is C=C(C(=CSC(C)C)C(C#N)=C(C#N)C#N)c1ccccc1. The predicted molar refractivity (Wildman–Crippen MR) is 90.2 cm³/mol. The molecular formula is C18H15N3S. The van der Waals surface area contributed by atoms with E-state index < -0.39 is 0 Å². The summed E-state index contributed by atoms with van der Waals surface area (Å²) in [5.41, 5.74) is 1.85. The minimum atomic E-state index is -0.199. The summed E-state index contributed by atoms with van der Waals surface area (Å²) in [7, 11) is 0. The Morgan fingerprint density at radius 2 is 1.68 bits per heavy atom. The largest absolute Gasteiger partial charge is 0.192 e. The first kappa shape index (κ1) is 17.3. The highest BCUT2D eigenvalue weighted by Gasteiger charge is 2.16. The van der Waals surface area contributed by atoms with Crippen LogP contribution in [0, 0.1) is 34.0 Å². The van der Waals surface area contributed by atoms with Crippen molar-refractivity contribution in [3.05, 3.63) is 64.6 Å². The molecule has 1 aromatic rings. The van der Waals surface area contributed by atoms with Crippen molar-refractivity contribution in [1.29, 1.82) is 15.8 Å². The number of nitriles is 3. The highest BCUT2D eigenvalue weighted by atomic mass is 32.2. The van der Waals surface area contributed by atoms with Crippen molar-refractivity contribution in [2.45, 2.75) is 19.1 Å². The van der Waals surface area contributed by atoms with Crippen LogP contribution in [0.1, 0.15) is 19.4 Å². The first-order valence-electron chi connectivity index (χ1n) is 6.60. The molecule has 1 rings (SSSR count). The molecule has 0 aliphatic heterocycles. The minimum Gasteiger partial charge on any atom is -0.192 e. The van der Waals surface area contributed by atoms with Crippen LogP contribution in [0.25, 0.3) is 5.57 Å². The molecule has 0 saturated heterocycles. The second-order valence-electron chi connectivity index (χ2n) is 4.65. The van der Waals surface area contributed by atoms with E-state index in [1.807, 2.05) is 50.2 Å². The van der Waals surface area contributed by atoms with Gasteiger partial charge < -0.3 is 0 Å². The molecule has 0 aliphatic carbocycles. The van der Waals surface area contributed by atoms with Crippen molar-refractivity contribution >= 4 is 17.3 Å². The number of nitrogens with zero attached hydrogens (tertiary/aromatic N) is 3. The van der Waals surface area contributed by atoms with Crippen molar-refractivity contribution < 1.29 is 0 Å². The van der Waals surface area contributed by atoms with Crippen LogP contribution in [0.4, 0.5) is 0 Å². The first-order valence-corrected chi connectivity index (χ1v) is 7.54. The van der Waals surface area contributed by atoms with Gasteiger partial charge in [-0.15, -0.1) is 11.8 Å². The number of hydrogen-bond acceptors (Lipinski definition) is 4. The standard InChI is InChI=1S/C18H15N3S/c1-13(2)22-12-18(17(11-21)16(9-19)10-20)14(3)15-7-5-4-6-8-15/h4-8,12-13H,3H2,1-2H3. The highest BCUT2D eigenvalue weighted by molar-refractivity contribution is 8.02. The normalized spacial score (nSPS) is 10.3. The maximum absolute atomic E-state index is 9.39. The molecule has 0 fully saturated rings. The van der Waals surface area contributed by atoms with Crippen LogP contribution >= 0.6 is 11.8 Å². The molecule has 0 aliphatic rings. The molecule has 0 spiro atoms. The van der Waals surface area contributed by atoms with Crippen LogP contribution in [0.15, 0.2) is 59.0 Å². The summed E-state index contributed by atoms with van der Waals surface area (Å²) < 4.78 is 0. The van der Waals surface area contributed by atoms with Crippen molar-refractivity contribution in [3.63, 3.8) is 0 Å². The molecule has 22 heavy (non-hydrogen) atoms. The summed E-state index contributed by atoms with van der Waals surface area (Å²) in [4.78, 5) is 0. The van der Waals surface area contributed by atoms with E-state index in [2.05, 4.69) is 6.58 Å². The second kappa shape index (κ2) is 8.53. The number of thioether (sulfide) groups is 1. The summed E-state index contributed by atoms with van der Waals surface area (Å²) >= 11 is 1.52. The van der Waals surface area contributed by atoms with Crippen LogP contribution in [0.3, 0.4) is 0 Å². The monoisotopic (exact) mass is 305 g/mol. The van der Waals surface area contributed by atoms with E-state index in [4.69, 9.17) is 10.5 Å². The van der Waals surface area contributed by atoms with Gasteiger partial charge in [-0.25, -0.2) is 0 Å². The van der Waals surface area contributed by atoms with Crippen LogP contribution in [-0.4, -0.2) is 5.25 Å². The molecule has 0 N–H and O–H groups in total. The third-order valence-corrected chi connectivity index (χ3v) is 3.68. The maximum Gasteiger partial charge on any atom is 0.148 e. The van der Waals surface area contributed by atoms with E-state index in [-0.39, 0.29) is 11.1 Å². The van der Waals surface area contributed by atoms with Gasteiger partial charge in [0.05, 0.1) is 5.57 Å². The third-order valence-electron chi connectivity index (χ3n) is 2.76. The van der Waals surface area contributed by atoms with Crippen LogP contribution in [0.2, 0.25) is 0 Å². The molecule has 0 aromatic heterocycles. The fraction of sp³-hybridized carbons (Fsp3) is 0.167.